The first kappa shape index (κ1) is 24.1. The molecule has 190 valence electrons. The van der Waals surface area contributed by atoms with Crippen LogP contribution in [-0.2, 0) is 20.7 Å². The van der Waals surface area contributed by atoms with Gasteiger partial charge in [0.2, 0.25) is 5.82 Å². The van der Waals surface area contributed by atoms with Crippen LogP contribution in [0.1, 0.15) is 23.5 Å². The van der Waals surface area contributed by atoms with Crippen LogP contribution >= 0.6 is 11.3 Å². The van der Waals surface area contributed by atoms with Gasteiger partial charge in [0.15, 0.2) is 11.2 Å². The summed E-state index contributed by atoms with van der Waals surface area (Å²) in [5, 5.41) is 18.8. The zero-order valence-corrected chi connectivity index (χ0v) is 20.0. The van der Waals surface area contributed by atoms with Gasteiger partial charge in [0, 0.05) is 12.0 Å². The number of urea groups is 1. The number of aliphatic hydroxyl groups is 1. The third-order valence-corrected chi connectivity index (χ3v) is 6.91. The molecule has 5 rings (SSSR count). The zero-order valence-electron chi connectivity index (χ0n) is 19.1. The quantitative estimate of drug-likeness (QED) is 0.395. The molecule has 2 bridgehead atoms. The molecule has 0 unspecified atom stereocenters. The average Bonchev–Trinajstić information content (AvgIpc) is 3.50. The highest BCUT2D eigenvalue weighted by atomic mass is 32.1. The molecule has 3 aromatic rings. The number of hydrogen-bond donors (Lipinski definition) is 3. The number of aliphatic hydroxyl groups excluding tert-OH is 1. The van der Waals surface area contributed by atoms with Crippen molar-refractivity contribution in [2.24, 2.45) is 0 Å². The molecule has 3 atom stereocenters. The van der Waals surface area contributed by atoms with Crippen LogP contribution in [-0.4, -0.2) is 70.7 Å². The minimum atomic E-state index is -1.18. The number of halogens is 1. The SMILES string of the molecule is CCOC(=O)[C@H](CO)NC(=O)Nc1nc2c(s1)[C@@H]1COC[C@H](C2)N1c1nc(-c2ccc(F)cc2)no1. The van der Waals surface area contributed by atoms with Gasteiger partial charge in [0.1, 0.15) is 5.82 Å². The summed E-state index contributed by atoms with van der Waals surface area (Å²) in [6.07, 6.45) is 0.530. The second-order valence-corrected chi connectivity index (χ2v) is 9.17. The largest absolute Gasteiger partial charge is 0.464 e. The van der Waals surface area contributed by atoms with E-state index in [0.717, 1.165) is 10.6 Å². The number of aromatic nitrogens is 3. The van der Waals surface area contributed by atoms with Crippen LogP contribution in [0.4, 0.5) is 20.3 Å². The summed E-state index contributed by atoms with van der Waals surface area (Å²) in [4.78, 5) is 36.2. The Bertz CT molecular complexity index is 1250. The number of morpholine rings is 1. The van der Waals surface area contributed by atoms with E-state index in [1.807, 2.05) is 4.90 Å². The number of carbonyl (C=O) groups excluding carboxylic acids is 2. The van der Waals surface area contributed by atoms with E-state index in [0.29, 0.717) is 42.2 Å². The van der Waals surface area contributed by atoms with Crippen molar-refractivity contribution in [1.29, 1.82) is 0 Å². The van der Waals surface area contributed by atoms with Gasteiger partial charge in [0.05, 0.1) is 49.1 Å². The summed E-state index contributed by atoms with van der Waals surface area (Å²) in [5.41, 5.74) is 1.46. The Balaban J connectivity index is 1.33. The van der Waals surface area contributed by atoms with Gasteiger partial charge in [-0.25, -0.2) is 19.0 Å². The Kier molecular flexibility index (Phi) is 6.80. The van der Waals surface area contributed by atoms with E-state index >= 15 is 0 Å². The van der Waals surface area contributed by atoms with E-state index in [2.05, 4.69) is 25.8 Å². The van der Waals surface area contributed by atoms with Crippen LogP contribution in [0.3, 0.4) is 0 Å². The summed E-state index contributed by atoms with van der Waals surface area (Å²) in [6, 6.07) is 3.91. The number of rotatable bonds is 7. The van der Waals surface area contributed by atoms with E-state index in [1.54, 1.807) is 19.1 Å². The minimum absolute atomic E-state index is 0.107. The van der Waals surface area contributed by atoms with Crippen molar-refractivity contribution in [3.63, 3.8) is 0 Å². The molecular formula is C22H23FN6O6S. The average molecular weight is 519 g/mol. The maximum absolute atomic E-state index is 13.3. The molecular weight excluding hydrogens is 495 g/mol. The Morgan fingerprint density at radius 2 is 2.11 bits per heavy atom. The molecule has 2 amide bonds. The number of esters is 1. The number of hydrogen-bond acceptors (Lipinski definition) is 11. The number of anilines is 2. The lowest BCUT2D eigenvalue weighted by Gasteiger charge is -2.43. The maximum atomic E-state index is 13.3. The van der Waals surface area contributed by atoms with E-state index in [1.165, 1.54) is 23.5 Å². The maximum Gasteiger partial charge on any atom is 0.331 e. The molecule has 1 fully saturated rings. The van der Waals surface area contributed by atoms with E-state index in [9.17, 15) is 19.1 Å². The highest BCUT2D eigenvalue weighted by molar-refractivity contribution is 7.16. The second kappa shape index (κ2) is 10.2. The van der Waals surface area contributed by atoms with Crippen molar-refractivity contribution in [2.45, 2.75) is 31.5 Å². The fraction of sp³-hybridized carbons (Fsp3) is 0.409. The first-order valence-corrected chi connectivity index (χ1v) is 12.1. The number of thiazole rings is 1. The predicted molar refractivity (Wildman–Crippen MR) is 125 cm³/mol. The molecule has 12 nitrogen and oxygen atoms in total. The number of benzene rings is 1. The van der Waals surface area contributed by atoms with Gasteiger partial charge in [0.25, 0.3) is 0 Å². The molecule has 36 heavy (non-hydrogen) atoms. The summed E-state index contributed by atoms with van der Waals surface area (Å²) >= 11 is 1.27. The van der Waals surface area contributed by atoms with Crippen LogP contribution in [0.2, 0.25) is 0 Å². The molecule has 2 aliphatic heterocycles. The van der Waals surface area contributed by atoms with Gasteiger partial charge in [-0.2, -0.15) is 4.98 Å². The van der Waals surface area contributed by atoms with Crippen LogP contribution < -0.4 is 15.5 Å². The Labute approximate surface area is 208 Å². The molecule has 0 spiro atoms. The highest BCUT2D eigenvalue weighted by Gasteiger charge is 2.43. The van der Waals surface area contributed by atoms with Crippen molar-refractivity contribution in [2.75, 3.05) is 36.6 Å². The molecule has 3 N–H and O–H groups in total. The van der Waals surface area contributed by atoms with E-state index in [4.69, 9.17) is 14.0 Å². The van der Waals surface area contributed by atoms with Crippen LogP contribution in [0.25, 0.3) is 11.4 Å². The number of ether oxygens (including phenoxy) is 2. The van der Waals surface area contributed by atoms with E-state index in [-0.39, 0.29) is 24.5 Å². The molecule has 1 saturated heterocycles. The predicted octanol–water partition coefficient (Wildman–Crippen LogP) is 1.88. The molecule has 4 heterocycles. The summed E-state index contributed by atoms with van der Waals surface area (Å²) in [6.45, 7) is 1.96. The molecule has 0 radical (unpaired) electrons. The van der Waals surface area contributed by atoms with Crippen LogP contribution in [0.15, 0.2) is 28.8 Å². The van der Waals surface area contributed by atoms with Crippen molar-refractivity contribution < 1.29 is 33.1 Å². The highest BCUT2D eigenvalue weighted by Crippen LogP contribution is 2.43. The number of amides is 2. The molecule has 1 aromatic carbocycles. The van der Waals surface area contributed by atoms with Gasteiger partial charge in [-0.1, -0.05) is 16.5 Å². The van der Waals surface area contributed by atoms with Gasteiger partial charge in [-0.15, -0.1) is 0 Å². The number of nitrogens with one attached hydrogen (secondary N) is 2. The Morgan fingerprint density at radius 1 is 1.31 bits per heavy atom. The van der Waals surface area contributed by atoms with Crippen molar-refractivity contribution in [1.82, 2.24) is 20.4 Å². The first-order chi connectivity index (χ1) is 17.5. The lowest BCUT2D eigenvalue weighted by molar-refractivity contribution is -0.146. The molecule has 0 saturated carbocycles. The number of carbonyl (C=O) groups is 2. The zero-order chi connectivity index (χ0) is 25.2. The third-order valence-electron chi connectivity index (χ3n) is 5.79. The van der Waals surface area contributed by atoms with Crippen LogP contribution in [0.5, 0.6) is 0 Å². The molecule has 0 aliphatic carbocycles. The minimum Gasteiger partial charge on any atom is -0.464 e. The van der Waals surface area contributed by atoms with E-state index < -0.39 is 24.6 Å². The smallest absolute Gasteiger partial charge is 0.331 e. The molecule has 14 heteroatoms. The summed E-state index contributed by atoms with van der Waals surface area (Å²) < 4.78 is 29.5. The first-order valence-electron chi connectivity index (χ1n) is 11.3. The summed E-state index contributed by atoms with van der Waals surface area (Å²) in [5.74, 6) is -0.735. The number of nitrogens with zero attached hydrogens (tertiary/aromatic N) is 4. The van der Waals surface area contributed by atoms with Crippen molar-refractivity contribution in [3.05, 3.63) is 40.7 Å². The van der Waals surface area contributed by atoms with Crippen molar-refractivity contribution >= 4 is 34.5 Å². The topological polar surface area (TPSA) is 152 Å². The fourth-order valence-corrected chi connectivity index (χ4v) is 5.25. The molecule has 2 aromatic heterocycles. The normalized spacial score (nSPS) is 19.4. The van der Waals surface area contributed by atoms with Gasteiger partial charge >= 0.3 is 18.0 Å². The Morgan fingerprint density at radius 3 is 2.86 bits per heavy atom. The Hall–Kier alpha value is -3.62. The lowest BCUT2D eigenvalue weighted by atomic mass is 9.97. The summed E-state index contributed by atoms with van der Waals surface area (Å²) in [7, 11) is 0. The van der Waals surface area contributed by atoms with Crippen LogP contribution in [0, 0.1) is 5.82 Å². The van der Waals surface area contributed by atoms with Gasteiger partial charge in [-0.05, 0) is 31.2 Å². The van der Waals surface area contributed by atoms with Gasteiger partial charge in [-0.3, -0.25) is 5.32 Å². The lowest BCUT2D eigenvalue weighted by Crippen LogP contribution is -2.51. The second-order valence-electron chi connectivity index (χ2n) is 8.14. The third kappa shape index (κ3) is 4.74. The molecule has 2 aliphatic rings. The fourth-order valence-electron chi connectivity index (χ4n) is 4.18. The van der Waals surface area contributed by atoms with Crippen molar-refractivity contribution in [3.8, 4) is 11.4 Å². The number of fused-ring (bicyclic) bond motifs is 4. The van der Waals surface area contributed by atoms with Gasteiger partial charge < -0.3 is 29.3 Å². The standard InChI is InChI=1S/C22H23FN6O6S/c1-2-34-19(31)15(8-30)24-20(32)27-21-25-14-7-13-9-33-10-16(17(14)36-21)29(13)22-26-18(28-35-22)11-3-5-12(23)6-4-11/h3-6,13,15-16,30H,2,7-10H2,1H3,(H2,24,25,27,32)/t13-,15-,16-/m0/s1. The monoisotopic (exact) mass is 518 g/mol.